The van der Waals surface area contributed by atoms with Crippen LogP contribution in [0.5, 0.6) is 0 Å². The lowest BCUT2D eigenvalue weighted by Crippen LogP contribution is -2.39. The van der Waals surface area contributed by atoms with Crippen molar-refractivity contribution >= 4 is 11.7 Å². The summed E-state index contributed by atoms with van der Waals surface area (Å²) in [6.07, 6.45) is 11.0. The average molecular weight is 388 g/mol. The Morgan fingerprint density at radius 1 is 1.32 bits per heavy atom. The Labute approximate surface area is 167 Å². The van der Waals surface area contributed by atoms with Crippen LogP contribution in [-0.2, 0) is 4.74 Å². The summed E-state index contributed by atoms with van der Waals surface area (Å²) in [6, 6.07) is 0.423. The number of carbonyl (C=O) groups excluding carboxylic acids is 1. The van der Waals surface area contributed by atoms with E-state index in [1.165, 1.54) is 29.7 Å². The van der Waals surface area contributed by atoms with Crippen molar-refractivity contribution in [2.24, 2.45) is 5.92 Å². The number of carbonyl (C=O) groups is 1. The highest BCUT2D eigenvalue weighted by Gasteiger charge is 2.35. The summed E-state index contributed by atoms with van der Waals surface area (Å²) >= 11 is 0. The van der Waals surface area contributed by atoms with E-state index in [-0.39, 0.29) is 12.2 Å². The number of ether oxygens (including phenoxy) is 1. The van der Waals surface area contributed by atoms with Gasteiger partial charge >= 0.3 is 6.09 Å². The zero-order valence-electron chi connectivity index (χ0n) is 17.3. The third-order valence-electron chi connectivity index (χ3n) is 5.97. The zero-order chi connectivity index (χ0) is 19.9. The minimum Gasteiger partial charge on any atom is -0.444 e. The van der Waals surface area contributed by atoms with Gasteiger partial charge in [0.15, 0.2) is 0 Å². The van der Waals surface area contributed by atoms with E-state index in [4.69, 9.17) is 9.84 Å². The molecule has 0 saturated heterocycles. The summed E-state index contributed by atoms with van der Waals surface area (Å²) in [6.45, 7) is 6.29. The van der Waals surface area contributed by atoms with E-state index in [0.717, 1.165) is 32.1 Å². The molecule has 0 aliphatic heterocycles. The van der Waals surface area contributed by atoms with Gasteiger partial charge in [-0.2, -0.15) is 5.10 Å². The number of allylic oxidation sites excluding steroid dienone is 1. The SMILES string of the molecule is CC(C)(C)OC(=O)NCC1CC(n2cc(C3=CCC(O)CC3)c(C3CC3)n2)C1. The lowest BCUT2D eigenvalue weighted by Gasteiger charge is -2.35. The Hall–Kier alpha value is -1.82. The van der Waals surface area contributed by atoms with Gasteiger partial charge in [0.1, 0.15) is 5.60 Å². The summed E-state index contributed by atoms with van der Waals surface area (Å²) in [5, 5.41) is 17.6. The number of rotatable bonds is 5. The number of hydrogen-bond donors (Lipinski definition) is 2. The standard InChI is InChI=1S/C22H33N3O3/c1-22(2,3)28-21(27)23-12-14-10-17(11-14)25-13-19(20(24-25)16-4-5-16)15-6-8-18(26)9-7-15/h6,13-14,16-18,26H,4-5,7-12H2,1-3H3,(H,23,27). The van der Waals surface area contributed by atoms with Crippen LogP contribution in [0.25, 0.3) is 5.57 Å². The van der Waals surface area contributed by atoms with Crippen molar-refractivity contribution < 1.29 is 14.6 Å². The second-order valence-corrected chi connectivity index (χ2v) is 9.71. The molecule has 1 amide bonds. The van der Waals surface area contributed by atoms with Crippen LogP contribution in [0.3, 0.4) is 0 Å². The highest BCUT2D eigenvalue weighted by Crippen LogP contribution is 2.45. The van der Waals surface area contributed by atoms with E-state index in [1.54, 1.807) is 0 Å². The van der Waals surface area contributed by atoms with E-state index >= 15 is 0 Å². The quantitative estimate of drug-likeness (QED) is 0.795. The number of aromatic nitrogens is 2. The second-order valence-electron chi connectivity index (χ2n) is 9.71. The predicted molar refractivity (Wildman–Crippen MR) is 108 cm³/mol. The summed E-state index contributed by atoms with van der Waals surface area (Å²) in [5.74, 6) is 1.10. The van der Waals surface area contributed by atoms with Gasteiger partial charge in [0.25, 0.3) is 0 Å². The molecule has 2 N–H and O–H groups in total. The average Bonchev–Trinajstić information content (AvgIpc) is 3.33. The van der Waals surface area contributed by atoms with Crippen molar-refractivity contribution in [2.45, 2.75) is 89.4 Å². The second kappa shape index (κ2) is 7.54. The van der Waals surface area contributed by atoms with Crippen LogP contribution >= 0.6 is 0 Å². The molecule has 1 aromatic heterocycles. The maximum absolute atomic E-state index is 11.8. The van der Waals surface area contributed by atoms with E-state index in [1.807, 2.05) is 20.8 Å². The first-order valence-corrected chi connectivity index (χ1v) is 10.7. The molecule has 0 spiro atoms. The van der Waals surface area contributed by atoms with Gasteiger partial charge in [-0.1, -0.05) is 6.08 Å². The molecule has 3 aliphatic carbocycles. The Kier molecular flexibility index (Phi) is 5.25. The highest BCUT2D eigenvalue weighted by atomic mass is 16.6. The van der Waals surface area contributed by atoms with Crippen molar-refractivity contribution in [2.75, 3.05) is 6.54 Å². The molecule has 2 saturated carbocycles. The van der Waals surface area contributed by atoms with Gasteiger partial charge in [0, 0.05) is 24.2 Å². The summed E-state index contributed by atoms with van der Waals surface area (Å²) in [7, 11) is 0. The van der Waals surface area contributed by atoms with Crippen LogP contribution in [0.1, 0.15) is 88.9 Å². The third-order valence-corrected chi connectivity index (χ3v) is 5.97. The summed E-state index contributed by atoms with van der Waals surface area (Å²) in [4.78, 5) is 11.8. The van der Waals surface area contributed by atoms with Crippen molar-refractivity contribution in [1.82, 2.24) is 15.1 Å². The van der Waals surface area contributed by atoms with Crippen LogP contribution < -0.4 is 5.32 Å². The van der Waals surface area contributed by atoms with Crippen molar-refractivity contribution in [3.05, 3.63) is 23.5 Å². The summed E-state index contributed by atoms with van der Waals surface area (Å²) in [5.41, 5.74) is 3.48. The molecule has 2 fully saturated rings. The molecule has 1 unspecified atom stereocenters. The Morgan fingerprint density at radius 3 is 2.68 bits per heavy atom. The van der Waals surface area contributed by atoms with Gasteiger partial charge in [-0.15, -0.1) is 0 Å². The number of amides is 1. The van der Waals surface area contributed by atoms with Crippen molar-refractivity contribution in [1.29, 1.82) is 0 Å². The topological polar surface area (TPSA) is 76.4 Å². The number of nitrogens with one attached hydrogen (secondary N) is 1. The van der Waals surface area contributed by atoms with Crippen LogP contribution in [0.15, 0.2) is 12.3 Å². The fourth-order valence-corrected chi connectivity index (χ4v) is 4.19. The van der Waals surface area contributed by atoms with E-state index in [9.17, 15) is 9.90 Å². The van der Waals surface area contributed by atoms with Crippen molar-refractivity contribution in [3.63, 3.8) is 0 Å². The highest BCUT2D eigenvalue weighted by molar-refractivity contribution is 5.68. The Bertz CT molecular complexity index is 752. The molecular formula is C22H33N3O3. The van der Waals surface area contributed by atoms with Crippen LogP contribution in [0, 0.1) is 5.92 Å². The minimum absolute atomic E-state index is 0.187. The maximum atomic E-state index is 11.8. The first-order valence-electron chi connectivity index (χ1n) is 10.7. The molecule has 0 bridgehead atoms. The van der Waals surface area contributed by atoms with Gasteiger partial charge < -0.3 is 15.2 Å². The zero-order valence-corrected chi connectivity index (χ0v) is 17.3. The molecule has 0 radical (unpaired) electrons. The molecule has 1 atom stereocenters. The van der Waals surface area contributed by atoms with Gasteiger partial charge in [-0.05, 0) is 77.2 Å². The molecular weight excluding hydrogens is 354 g/mol. The summed E-state index contributed by atoms with van der Waals surface area (Å²) < 4.78 is 7.47. The number of aliphatic hydroxyl groups is 1. The smallest absolute Gasteiger partial charge is 0.407 e. The van der Waals surface area contributed by atoms with Crippen LogP contribution in [-0.4, -0.2) is 39.2 Å². The predicted octanol–water partition coefficient (Wildman–Crippen LogP) is 4.16. The molecule has 4 rings (SSSR count). The van der Waals surface area contributed by atoms with Crippen LogP contribution in [0.2, 0.25) is 0 Å². The van der Waals surface area contributed by atoms with E-state index < -0.39 is 5.60 Å². The minimum atomic E-state index is -0.458. The molecule has 0 aromatic carbocycles. The fourth-order valence-electron chi connectivity index (χ4n) is 4.19. The number of nitrogens with zero attached hydrogens (tertiary/aromatic N) is 2. The van der Waals surface area contributed by atoms with Gasteiger partial charge in [0.2, 0.25) is 0 Å². The maximum Gasteiger partial charge on any atom is 0.407 e. The molecule has 3 aliphatic rings. The first-order chi connectivity index (χ1) is 13.3. The third kappa shape index (κ3) is 4.59. The largest absolute Gasteiger partial charge is 0.444 e. The molecule has 1 aromatic rings. The number of alkyl carbamates (subject to hydrolysis) is 1. The van der Waals surface area contributed by atoms with Crippen molar-refractivity contribution in [3.8, 4) is 0 Å². The monoisotopic (exact) mass is 387 g/mol. The molecule has 6 nitrogen and oxygen atoms in total. The van der Waals surface area contributed by atoms with E-state index in [0.29, 0.717) is 24.4 Å². The Morgan fingerprint density at radius 2 is 2.07 bits per heavy atom. The number of aliphatic hydroxyl groups excluding tert-OH is 1. The van der Waals surface area contributed by atoms with Gasteiger partial charge in [0.05, 0.1) is 17.8 Å². The molecule has 6 heteroatoms. The van der Waals surface area contributed by atoms with Gasteiger partial charge in [-0.3, -0.25) is 4.68 Å². The van der Waals surface area contributed by atoms with Crippen LogP contribution in [0.4, 0.5) is 4.79 Å². The van der Waals surface area contributed by atoms with Gasteiger partial charge in [-0.25, -0.2) is 4.79 Å². The normalized spacial score (nSPS) is 27.7. The fraction of sp³-hybridized carbons (Fsp3) is 0.727. The number of hydrogen-bond acceptors (Lipinski definition) is 4. The molecule has 154 valence electrons. The first kappa shape index (κ1) is 19.5. The van der Waals surface area contributed by atoms with E-state index in [2.05, 4.69) is 22.3 Å². The lowest BCUT2D eigenvalue weighted by atomic mass is 9.80. The molecule has 1 heterocycles. The lowest BCUT2D eigenvalue weighted by molar-refractivity contribution is 0.0498. The molecule has 28 heavy (non-hydrogen) atoms. The Balaban J connectivity index is 1.34.